The summed E-state index contributed by atoms with van der Waals surface area (Å²) in [5.41, 5.74) is 4.40. The standard InChI is InChI=1S/C21H20N2OS2/c1-21(2)11-16-15(20-23-9-10-25-20)3-4-18(19(16)17(24)12-21)26-13-14-5-7-22-8-6-14/h3-10H,11-13H2,1-2H3. The van der Waals surface area contributed by atoms with Gasteiger partial charge in [-0.05, 0) is 41.2 Å². The Balaban J connectivity index is 1.76. The number of hydrogen-bond acceptors (Lipinski definition) is 5. The summed E-state index contributed by atoms with van der Waals surface area (Å²) in [6.45, 7) is 4.35. The maximum absolute atomic E-state index is 13.0. The SMILES string of the molecule is CC1(C)CC(=O)c2c(SCc3ccncc3)ccc(-c3nccs3)c2C1. The second-order valence-corrected chi connectivity index (χ2v) is 9.30. The average Bonchev–Trinajstić information content (AvgIpc) is 3.13. The van der Waals surface area contributed by atoms with Gasteiger partial charge < -0.3 is 0 Å². The van der Waals surface area contributed by atoms with Crippen LogP contribution in [0.2, 0.25) is 0 Å². The van der Waals surface area contributed by atoms with Gasteiger partial charge in [0.2, 0.25) is 0 Å². The maximum Gasteiger partial charge on any atom is 0.164 e. The lowest BCUT2D eigenvalue weighted by Gasteiger charge is -2.32. The quantitative estimate of drug-likeness (QED) is 0.548. The first-order valence-electron chi connectivity index (χ1n) is 8.64. The van der Waals surface area contributed by atoms with E-state index in [0.29, 0.717) is 6.42 Å². The van der Waals surface area contributed by atoms with Crippen molar-refractivity contribution in [1.82, 2.24) is 9.97 Å². The molecule has 2 heterocycles. The van der Waals surface area contributed by atoms with Crippen LogP contribution in [0.1, 0.15) is 41.8 Å². The predicted molar refractivity (Wildman–Crippen MR) is 108 cm³/mol. The molecule has 2 aromatic heterocycles. The molecule has 0 bridgehead atoms. The number of thioether (sulfide) groups is 1. The maximum atomic E-state index is 13.0. The lowest BCUT2D eigenvalue weighted by atomic mass is 9.72. The summed E-state index contributed by atoms with van der Waals surface area (Å²) < 4.78 is 0. The second-order valence-electron chi connectivity index (χ2n) is 7.39. The van der Waals surface area contributed by atoms with Crippen molar-refractivity contribution in [2.45, 2.75) is 37.3 Å². The zero-order valence-electron chi connectivity index (χ0n) is 14.9. The molecule has 0 N–H and O–H groups in total. The van der Waals surface area contributed by atoms with Gasteiger partial charge >= 0.3 is 0 Å². The molecular formula is C21H20N2OS2. The number of pyridine rings is 1. The number of rotatable bonds is 4. The van der Waals surface area contributed by atoms with Crippen molar-refractivity contribution >= 4 is 28.9 Å². The molecule has 0 saturated heterocycles. The first-order chi connectivity index (χ1) is 12.5. The molecule has 1 aliphatic carbocycles. The van der Waals surface area contributed by atoms with Crippen LogP contribution in [-0.2, 0) is 12.2 Å². The number of benzene rings is 1. The van der Waals surface area contributed by atoms with Crippen LogP contribution >= 0.6 is 23.1 Å². The largest absolute Gasteiger partial charge is 0.294 e. The third kappa shape index (κ3) is 3.46. The zero-order chi connectivity index (χ0) is 18.1. The number of Topliss-reactive ketones (excluding diaryl/α,β-unsaturated/α-hetero) is 1. The van der Waals surface area contributed by atoms with E-state index in [1.165, 1.54) is 11.1 Å². The van der Waals surface area contributed by atoms with Crippen molar-refractivity contribution in [3.05, 3.63) is 64.9 Å². The van der Waals surface area contributed by atoms with Crippen molar-refractivity contribution in [1.29, 1.82) is 0 Å². The molecule has 0 saturated carbocycles. The van der Waals surface area contributed by atoms with E-state index in [-0.39, 0.29) is 11.2 Å². The van der Waals surface area contributed by atoms with Crippen LogP contribution in [0.4, 0.5) is 0 Å². The number of carbonyl (C=O) groups is 1. The summed E-state index contributed by atoms with van der Waals surface area (Å²) in [4.78, 5) is 22.6. The van der Waals surface area contributed by atoms with E-state index in [9.17, 15) is 4.79 Å². The van der Waals surface area contributed by atoms with Gasteiger partial charge in [-0.3, -0.25) is 9.78 Å². The van der Waals surface area contributed by atoms with Crippen molar-refractivity contribution in [3.8, 4) is 10.6 Å². The summed E-state index contributed by atoms with van der Waals surface area (Å²) in [6.07, 6.45) is 6.96. The van der Waals surface area contributed by atoms with Crippen molar-refractivity contribution in [2.24, 2.45) is 5.41 Å². The van der Waals surface area contributed by atoms with Crippen LogP contribution in [0.15, 0.2) is 53.1 Å². The molecule has 0 radical (unpaired) electrons. The Morgan fingerprint density at radius 2 is 1.92 bits per heavy atom. The fraction of sp³-hybridized carbons (Fsp3) is 0.286. The van der Waals surface area contributed by atoms with Crippen LogP contribution in [-0.4, -0.2) is 15.8 Å². The molecule has 132 valence electrons. The van der Waals surface area contributed by atoms with Gasteiger partial charge in [0.25, 0.3) is 0 Å². The van der Waals surface area contributed by atoms with E-state index >= 15 is 0 Å². The minimum atomic E-state index is -0.00944. The molecule has 3 aromatic rings. The molecule has 4 rings (SSSR count). The van der Waals surface area contributed by atoms with Gasteiger partial charge in [-0.15, -0.1) is 23.1 Å². The molecule has 0 unspecified atom stereocenters. The molecule has 1 aliphatic rings. The third-order valence-electron chi connectivity index (χ3n) is 4.65. The molecule has 26 heavy (non-hydrogen) atoms. The molecule has 1 aromatic carbocycles. The van der Waals surface area contributed by atoms with Gasteiger partial charge in [-0.2, -0.15) is 0 Å². The number of fused-ring (bicyclic) bond motifs is 1. The summed E-state index contributed by atoms with van der Waals surface area (Å²) >= 11 is 3.36. The molecule has 0 amide bonds. The Hall–Kier alpha value is -1.98. The van der Waals surface area contributed by atoms with E-state index in [1.54, 1.807) is 23.1 Å². The minimum absolute atomic E-state index is 0.00944. The van der Waals surface area contributed by atoms with Crippen LogP contribution < -0.4 is 0 Å². The fourth-order valence-electron chi connectivity index (χ4n) is 3.50. The summed E-state index contributed by atoms with van der Waals surface area (Å²) in [7, 11) is 0. The highest BCUT2D eigenvalue weighted by Gasteiger charge is 2.34. The average molecular weight is 381 g/mol. The molecule has 0 fully saturated rings. The molecular weight excluding hydrogens is 360 g/mol. The van der Waals surface area contributed by atoms with E-state index in [0.717, 1.165) is 33.2 Å². The van der Waals surface area contributed by atoms with Crippen LogP contribution in [0.3, 0.4) is 0 Å². The molecule has 0 atom stereocenters. The van der Waals surface area contributed by atoms with Crippen molar-refractivity contribution in [3.63, 3.8) is 0 Å². The Bertz CT molecular complexity index is 934. The number of aromatic nitrogens is 2. The minimum Gasteiger partial charge on any atom is -0.294 e. The van der Waals surface area contributed by atoms with Gasteiger partial charge in [0.1, 0.15) is 5.01 Å². The third-order valence-corrected chi connectivity index (χ3v) is 6.59. The highest BCUT2D eigenvalue weighted by molar-refractivity contribution is 7.98. The molecule has 0 spiro atoms. The number of thiazole rings is 1. The second kappa shape index (κ2) is 6.97. The lowest BCUT2D eigenvalue weighted by molar-refractivity contribution is 0.0909. The first kappa shape index (κ1) is 17.4. The normalized spacial score (nSPS) is 15.7. The van der Waals surface area contributed by atoms with Crippen LogP contribution in [0, 0.1) is 5.41 Å². The Kier molecular flexibility index (Phi) is 4.67. The monoisotopic (exact) mass is 380 g/mol. The smallest absolute Gasteiger partial charge is 0.164 e. The van der Waals surface area contributed by atoms with Gasteiger partial charge in [0.05, 0.1) is 0 Å². The van der Waals surface area contributed by atoms with Gasteiger partial charge in [0.15, 0.2) is 5.78 Å². The summed E-state index contributed by atoms with van der Waals surface area (Å²) in [6, 6.07) is 8.28. The Morgan fingerprint density at radius 3 is 2.65 bits per heavy atom. The summed E-state index contributed by atoms with van der Waals surface area (Å²) in [5.74, 6) is 1.09. The highest BCUT2D eigenvalue weighted by atomic mass is 32.2. The van der Waals surface area contributed by atoms with E-state index in [4.69, 9.17) is 0 Å². The number of ketones is 1. The van der Waals surface area contributed by atoms with Gasteiger partial charge in [-0.25, -0.2) is 4.98 Å². The van der Waals surface area contributed by atoms with Crippen LogP contribution in [0.5, 0.6) is 0 Å². The van der Waals surface area contributed by atoms with Gasteiger partial charge in [0, 0.05) is 52.2 Å². The van der Waals surface area contributed by atoms with Crippen molar-refractivity contribution in [2.75, 3.05) is 0 Å². The zero-order valence-corrected chi connectivity index (χ0v) is 16.5. The molecule has 3 nitrogen and oxygen atoms in total. The Morgan fingerprint density at radius 1 is 1.12 bits per heavy atom. The van der Waals surface area contributed by atoms with E-state index in [1.807, 2.05) is 36.1 Å². The molecule has 5 heteroatoms. The number of nitrogens with zero attached hydrogens (tertiary/aromatic N) is 2. The van der Waals surface area contributed by atoms with Crippen LogP contribution in [0.25, 0.3) is 10.6 Å². The predicted octanol–water partition coefficient (Wildman–Crippen LogP) is 5.65. The number of hydrogen-bond donors (Lipinski definition) is 0. The first-order valence-corrected chi connectivity index (χ1v) is 10.5. The highest BCUT2D eigenvalue weighted by Crippen LogP contribution is 2.43. The van der Waals surface area contributed by atoms with Crippen molar-refractivity contribution < 1.29 is 4.79 Å². The van der Waals surface area contributed by atoms with Gasteiger partial charge in [-0.1, -0.05) is 19.9 Å². The van der Waals surface area contributed by atoms with E-state index in [2.05, 4.69) is 35.9 Å². The lowest BCUT2D eigenvalue weighted by Crippen LogP contribution is -2.28. The topological polar surface area (TPSA) is 42.9 Å². The molecule has 0 aliphatic heterocycles. The number of carbonyl (C=O) groups excluding carboxylic acids is 1. The van der Waals surface area contributed by atoms with E-state index < -0.39 is 0 Å². The Labute approximate surface area is 161 Å². The fourth-order valence-corrected chi connectivity index (χ4v) is 5.25. The summed E-state index contributed by atoms with van der Waals surface area (Å²) in [5, 5.41) is 2.99.